The Morgan fingerprint density at radius 3 is 2.90 bits per heavy atom. The van der Waals surface area contributed by atoms with Crippen molar-refractivity contribution in [3.05, 3.63) is 11.9 Å². The maximum Gasteiger partial charge on any atom is 0.273 e. The number of carbonyl (C=O) groups excluding carboxylic acids is 1. The van der Waals surface area contributed by atoms with E-state index in [1.54, 1.807) is 18.0 Å². The van der Waals surface area contributed by atoms with Crippen LogP contribution in [0.25, 0.3) is 0 Å². The van der Waals surface area contributed by atoms with Gasteiger partial charge in [0, 0.05) is 7.11 Å². The molecule has 2 rings (SSSR count). The molecule has 2 N–H and O–H groups in total. The Hall–Kier alpha value is -1.47. The van der Waals surface area contributed by atoms with Crippen LogP contribution in [0, 0.1) is 0 Å². The first-order valence-corrected chi connectivity index (χ1v) is 6.96. The normalized spacial score (nSPS) is 17.1. The molecular weight excluding hydrogens is 258 g/mol. The largest absolute Gasteiger partial charge is 0.382 e. The van der Waals surface area contributed by atoms with Gasteiger partial charge in [0.2, 0.25) is 0 Å². The topological polar surface area (TPSA) is 81.1 Å². The van der Waals surface area contributed by atoms with Gasteiger partial charge in [0.1, 0.15) is 0 Å². The summed E-state index contributed by atoms with van der Waals surface area (Å²) in [7, 11) is 1.61. The molecule has 1 aliphatic rings. The van der Waals surface area contributed by atoms with Crippen LogP contribution in [0.15, 0.2) is 6.20 Å². The highest BCUT2D eigenvalue weighted by Gasteiger charge is 2.24. The van der Waals surface area contributed by atoms with Gasteiger partial charge in [-0.15, -0.1) is 5.10 Å². The molecule has 7 heteroatoms. The number of hydrogen-bond acceptors (Lipinski definition) is 5. The number of carbonyl (C=O) groups is 1. The van der Waals surface area contributed by atoms with Crippen molar-refractivity contribution in [2.75, 3.05) is 26.8 Å². The number of piperidine rings is 1. The fourth-order valence-electron chi connectivity index (χ4n) is 2.40. The van der Waals surface area contributed by atoms with Crippen molar-refractivity contribution in [1.82, 2.24) is 25.6 Å². The molecule has 1 fully saturated rings. The molecule has 7 nitrogen and oxygen atoms in total. The molecule has 0 aliphatic carbocycles. The molecule has 1 saturated heterocycles. The van der Waals surface area contributed by atoms with Gasteiger partial charge in [-0.3, -0.25) is 4.79 Å². The molecule has 1 aromatic rings. The maximum absolute atomic E-state index is 12.1. The van der Waals surface area contributed by atoms with Gasteiger partial charge in [0.05, 0.1) is 24.4 Å². The van der Waals surface area contributed by atoms with Crippen LogP contribution >= 0.6 is 0 Å². The maximum atomic E-state index is 12.1. The summed E-state index contributed by atoms with van der Waals surface area (Å²) in [6.45, 7) is 6.22. The van der Waals surface area contributed by atoms with Crippen molar-refractivity contribution in [1.29, 1.82) is 0 Å². The summed E-state index contributed by atoms with van der Waals surface area (Å²) in [5.41, 5.74) is -0.0719. The minimum atomic E-state index is -0.426. The van der Waals surface area contributed by atoms with Gasteiger partial charge < -0.3 is 15.4 Å². The zero-order chi connectivity index (χ0) is 14.6. The molecule has 2 heterocycles. The van der Waals surface area contributed by atoms with E-state index in [9.17, 15) is 4.79 Å². The van der Waals surface area contributed by atoms with Gasteiger partial charge in [-0.2, -0.15) is 0 Å². The monoisotopic (exact) mass is 281 g/mol. The zero-order valence-corrected chi connectivity index (χ0v) is 12.3. The predicted octanol–water partition coefficient (Wildman–Crippen LogP) is 0.357. The summed E-state index contributed by atoms with van der Waals surface area (Å²) in [4.78, 5) is 12.1. The number of hydrogen-bond donors (Lipinski definition) is 2. The lowest BCUT2D eigenvalue weighted by molar-refractivity contribution is 0.0815. The summed E-state index contributed by atoms with van der Waals surface area (Å²) >= 11 is 0. The summed E-state index contributed by atoms with van der Waals surface area (Å²) in [5, 5.41) is 14.3. The second-order valence-corrected chi connectivity index (χ2v) is 5.84. The minimum absolute atomic E-state index is 0.216. The van der Waals surface area contributed by atoms with Gasteiger partial charge in [-0.1, -0.05) is 5.21 Å². The van der Waals surface area contributed by atoms with Crippen LogP contribution in [0.5, 0.6) is 0 Å². The van der Waals surface area contributed by atoms with Gasteiger partial charge in [-0.05, 0) is 39.8 Å². The first-order valence-electron chi connectivity index (χ1n) is 6.96. The van der Waals surface area contributed by atoms with Crippen LogP contribution < -0.4 is 10.6 Å². The van der Waals surface area contributed by atoms with Crippen molar-refractivity contribution >= 4 is 5.91 Å². The van der Waals surface area contributed by atoms with E-state index in [0.29, 0.717) is 18.3 Å². The fourth-order valence-corrected chi connectivity index (χ4v) is 2.40. The third kappa shape index (κ3) is 3.77. The van der Waals surface area contributed by atoms with Crippen molar-refractivity contribution in [2.45, 2.75) is 38.3 Å². The average molecular weight is 281 g/mol. The molecule has 0 bridgehead atoms. The van der Waals surface area contributed by atoms with E-state index < -0.39 is 5.54 Å². The predicted molar refractivity (Wildman–Crippen MR) is 74.6 cm³/mol. The summed E-state index contributed by atoms with van der Waals surface area (Å²) < 4.78 is 6.89. The summed E-state index contributed by atoms with van der Waals surface area (Å²) in [6, 6.07) is 0.331. The van der Waals surface area contributed by atoms with Crippen LogP contribution in [0.1, 0.15) is 43.2 Å². The van der Waals surface area contributed by atoms with Crippen LogP contribution in [0.4, 0.5) is 0 Å². The van der Waals surface area contributed by atoms with Gasteiger partial charge in [0.25, 0.3) is 5.91 Å². The van der Waals surface area contributed by atoms with Crippen molar-refractivity contribution in [3.8, 4) is 0 Å². The molecule has 0 spiro atoms. The van der Waals surface area contributed by atoms with Crippen molar-refractivity contribution in [2.24, 2.45) is 0 Å². The lowest BCUT2D eigenvalue weighted by Crippen LogP contribution is -2.46. The second-order valence-electron chi connectivity index (χ2n) is 5.84. The number of nitrogens with zero attached hydrogens (tertiary/aromatic N) is 3. The van der Waals surface area contributed by atoms with E-state index in [-0.39, 0.29) is 5.91 Å². The fraction of sp³-hybridized carbons (Fsp3) is 0.769. The lowest BCUT2D eigenvalue weighted by Gasteiger charge is -2.24. The first kappa shape index (κ1) is 14.9. The summed E-state index contributed by atoms with van der Waals surface area (Å²) in [6.07, 6.45) is 3.76. The second kappa shape index (κ2) is 6.32. The molecule has 0 unspecified atom stereocenters. The van der Waals surface area contributed by atoms with E-state index in [1.807, 2.05) is 13.8 Å². The van der Waals surface area contributed by atoms with Crippen molar-refractivity contribution in [3.63, 3.8) is 0 Å². The van der Waals surface area contributed by atoms with E-state index in [2.05, 4.69) is 20.9 Å². The highest BCUT2D eigenvalue weighted by Crippen LogP contribution is 2.17. The molecule has 0 saturated carbocycles. The number of aromatic nitrogens is 3. The molecule has 0 radical (unpaired) electrons. The van der Waals surface area contributed by atoms with Gasteiger partial charge >= 0.3 is 0 Å². The van der Waals surface area contributed by atoms with Crippen LogP contribution in [0.2, 0.25) is 0 Å². The quantitative estimate of drug-likeness (QED) is 0.814. The van der Waals surface area contributed by atoms with E-state index >= 15 is 0 Å². The molecule has 1 amide bonds. The lowest BCUT2D eigenvalue weighted by atomic mass is 10.1. The highest BCUT2D eigenvalue weighted by molar-refractivity contribution is 5.92. The number of ether oxygens (including phenoxy) is 1. The van der Waals surface area contributed by atoms with E-state index in [0.717, 1.165) is 25.9 Å². The zero-order valence-electron chi connectivity index (χ0n) is 12.3. The molecular formula is C13H23N5O2. The van der Waals surface area contributed by atoms with Crippen molar-refractivity contribution < 1.29 is 9.53 Å². The molecule has 0 aromatic carbocycles. The third-order valence-corrected chi connectivity index (χ3v) is 3.38. The number of amides is 1. The first-order chi connectivity index (χ1) is 9.52. The molecule has 1 aliphatic heterocycles. The Labute approximate surface area is 119 Å². The number of methoxy groups -OCH3 is 1. The Morgan fingerprint density at radius 1 is 1.55 bits per heavy atom. The van der Waals surface area contributed by atoms with Gasteiger partial charge in [0.15, 0.2) is 5.69 Å². The average Bonchev–Trinajstić information content (AvgIpc) is 2.88. The Balaban J connectivity index is 1.99. The third-order valence-electron chi connectivity index (χ3n) is 3.38. The Kier molecular flexibility index (Phi) is 4.72. The van der Waals surface area contributed by atoms with Crippen LogP contribution in [0.3, 0.4) is 0 Å². The van der Waals surface area contributed by atoms with Crippen LogP contribution in [-0.2, 0) is 4.74 Å². The van der Waals surface area contributed by atoms with Crippen LogP contribution in [-0.4, -0.2) is 53.2 Å². The Morgan fingerprint density at radius 2 is 2.25 bits per heavy atom. The summed E-state index contributed by atoms with van der Waals surface area (Å²) in [5.74, 6) is -0.216. The SMILES string of the molecule is COCC(C)(C)NC(=O)c1cn(C2CCNCC2)nn1. The minimum Gasteiger partial charge on any atom is -0.382 e. The number of nitrogens with one attached hydrogen (secondary N) is 2. The van der Waals surface area contributed by atoms with E-state index in [1.165, 1.54) is 0 Å². The molecule has 0 atom stereocenters. The smallest absolute Gasteiger partial charge is 0.273 e. The van der Waals surface area contributed by atoms with Gasteiger partial charge in [-0.25, -0.2) is 4.68 Å². The Bertz CT molecular complexity index is 451. The number of rotatable bonds is 5. The molecule has 20 heavy (non-hydrogen) atoms. The molecule has 112 valence electrons. The highest BCUT2D eigenvalue weighted by atomic mass is 16.5. The standard InChI is InChI=1S/C13H23N5O2/c1-13(2,9-20-3)15-12(19)11-8-18(17-16-11)10-4-6-14-7-5-10/h8,10,14H,4-7,9H2,1-3H3,(H,15,19). The molecule has 1 aromatic heterocycles. The van der Waals surface area contributed by atoms with E-state index in [4.69, 9.17) is 4.74 Å².